The van der Waals surface area contributed by atoms with Gasteiger partial charge in [0.25, 0.3) is 5.91 Å². The van der Waals surface area contributed by atoms with E-state index in [1.54, 1.807) is 23.1 Å². The largest absolute Gasteiger partial charge is 0.505 e. The third kappa shape index (κ3) is 2.67. The van der Waals surface area contributed by atoms with Crippen LogP contribution in [-0.4, -0.2) is 29.0 Å². The molecule has 0 bridgehead atoms. The van der Waals surface area contributed by atoms with Gasteiger partial charge >= 0.3 is 0 Å². The van der Waals surface area contributed by atoms with Gasteiger partial charge in [0, 0.05) is 13.1 Å². The fourth-order valence-corrected chi connectivity index (χ4v) is 2.95. The third-order valence-electron chi connectivity index (χ3n) is 4.18. The number of para-hydroxylation sites is 1. The second kappa shape index (κ2) is 5.51. The number of phenolic OH excluding ortho intramolecular Hbond substituents is 1. The fraction of sp³-hybridized carbons (Fsp3) is 0.533. The van der Waals surface area contributed by atoms with Crippen molar-refractivity contribution in [1.82, 2.24) is 4.90 Å². The highest BCUT2D eigenvalue weighted by Crippen LogP contribution is 2.30. The first-order valence-corrected chi connectivity index (χ1v) is 6.87. The molecule has 104 valence electrons. The maximum absolute atomic E-state index is 12.5. The van der Waals surface area contributed by atoms with Gasteiger partial charge in [-0.2, -0.15) is 0 Å². The van der Waals surface area contributed by atoms with E-state index >= 15 is 0 Å². The van der Waals surface area contributed by atoms with Gasteiger partial charge in [0.1, 0.15) is 0 Å². The number of nitrogens with two attached hydrogens (primary N) is 1. The minimum absolute atomic E-state index is 0.109. The van der Waals surface area contributed by atoms with Crippen LogP contribution < -0.4 is 5.73 Å². The number of amides is 1. The lowest BCUT2D eigenvalue weighted by atomic mass is 9.85. The number of aromatic hydroxyl groups is 1. The standard InChI is InChI=1S/C15H22N2O2/c1-10-6-3-4-9-13(10)17(2)15(19)11-7-5-8-12(16)14(11)18/h5,7-8,10,13,18H,3-4,6,9,16H2,1-2H3. The van der Waals surface area contributed by atoms with Gasteiger partial charge in [-0.25, -0.2) is 0 Å². The Balaban J connectivity index is 2.21. The van der Waals surface area contributed by atoms with Crippen molar-refractivity contribution >= 4 is 11.6 Å². The Bertz CT molecular complexity index is 473. The number of phenols is 1. The maximum Gasteiger partial charge on any atom is 0.257 e. The molecule has 0 aromatic heterocycles. The van der Waals surface area contributed by atoms with Crippen LogP contribution in [0.3, 0.4) is 0 Å². The number of anilines is 1. The molecule has 1 fully saturated rings. The van der Waals surface area contributed by atoms with Crippen LogP contribution in [0.5, 0.6) is 5.75 Å². The SMILES string of the molecule is CC1CCCCC1N(C)C(=O)c1cccc(N)c1O. The number of carbonyl (C=O) groups is 1. The smallest absolute Gasteiger partial charge is 0.257 e. The van der Waals surface area contributed by atoms with Crippen molar-refractivity contribution in [2.75, 3.05) is 12.8 Å². The average molecular weight is 262 g/mol. The Morgan fingerprint density at radius 2 is 2.05 bits per heavy atom. The van der Waals surface area contributed by atoms with Crippen molar-refractivity contribution in [3.63, 3.8) is 0 Å². The second-order valence-electron chi connectivity index (χ2n) is 5.49. The molecule has 1 aliphatic rings. The summed E-state index contributed by atoms with van der Waals surface area (Å²) in [7, 11) is 1.82. The highest BCUT2D eigenvalue weighted by Gasteiger charge is 2.29. The summed E-state index contributed by atoms with van der Waals surface area (Å²) in [5, 5.41) is 9.91. The molecule has 0 heterocycles. The Morgan fingerprint density at radius 3 is 2.74 bits per heavy atom. The number of benzene rings is 1. The first-order chi connectivity index (χ1) is 9.02. The van der Waals surface area contributed by atoms with E-state index in [0.717, 1.165) is 19.3 Å². The predicted molar refractivity (Wildman–Crippen MR) is 76.0 cm³/mol. The lowest BCUT2D eigenvalue weighted by Gasteiger charge is -2.36. The van der Waals surface area contributed by atoms with Crippen molar-refractivity contribution < 1.29 is 9.90 Å². The zero-order valence-corrected chi connectivity index (χ0v) is 11.6. The van der Waals surface area contributed by atoms with E-state index in [1.807, 2.05) is 7.05 Å². The minimum atomic E-state index is -0.149. The van der Waals surface area contributed by atoms with E-state index in [1.165, 1.54) is 6.42 Å². The molecular weight excluding hydrogens is 240 g/mol. The van der Waals surface area contributed by atoms with Crippen LogP contribution >= 0.6 is 0 Å². The molecule has 2 rings (SSSR count). The molecule has 1 aromatic carbocycles. The Kier molecular flexibility index (Phi) is 3.98. The summed E-state index contributed by atoms with van der Waals surface area (Å²) in [5.74, 6) is 0.247. The highest BCUT2D eigenvalue weighted by molar-refractivity contribution is 5.98. The monoisotopic (exact) mass is 262 g/mol. The maximum atomic E-state index is 12.5. The van der Waals surface area contributed by atoms with Crippen molar-refractivity contribution in [2.45, 2.75) is 38.6 Å². The molecule has 1 aliphatic carbocycles. The minimum Gasteiger partial charge on any atom is -0.505 e. The summed E-state index contributed by atoms with van der Waals surface area (Å²) in [6.07, 6.45) is 4.59. The Labute approximate surface area is 114 Å². The molecule has 1 amide bonds. The molecule has 0 aliphatic heterocycles. The van der Waals surface area contributed by atoms with Crippen molar-refractivity contribution in [3.8, 4) is 5.75 Å². The van der Waals surface area contributed by atoms with E-state index in [4.69, 9.17) is 5.73 Å². The van der Waals surface area contributed by atoms with Crippen LogP contribution in [-0.2, 0) is 0 Å². The topological polar surface area (TPSA) is 66.6 Å². The van der Waals surface area contributed by atoms with Crippen molar-refractivity contribution in [3.05, 3.63) is 23.8 Å². The number of rotatable bonds is 2. The van der Waals surface area contributed by atoms with Crippen LogP contribution in [0, 0.1) is 5.92 Å². The van der Waals surface area contributed by atoms with Gasteiger partial charge in [0.05, 0.1) is 11.3 Å². The van der Waals surface area contributed by atoms with Crippen molar-refractivity contribution in [1.29, 1.82) is 0 Å². The first-order valence-electron chi connectivity index (χ1n) is 6.87. The van der Waals surface area contributed by atoms with E-state index in [9.17, 15) is 9.90 Å². The van der Waals surface area contributed by atoms with Crippen LogP contribution in [0.2, 0.25) is 0 Å². The molecule has 2 unspecified atom stereocenters. The van der Waals surface area contributed by atoms with Crippen LogP contribution in [0.15, 0.2) is 18.2 Å². The summed E-state index contributed by atoms with van der Waals surface area (Å²) in [5.41, 5.74) is 6.18. The van der Waals surface area contributed by atoms with Gasteiger partial charge in [-0.05, 0) is 30.9 Å². The molecule has 4 nitrogen and oxygen atoms in total. The van der Waals surface area contributed by atoms with Crippen LogP contribution in [0.1, 0.15) is 43.0 Å². The van der Waals surface area contributed by atoms with E-state index in [0.29, 0.717) is 11.5 Å². The fourth-order valence-electron chi connectivity index (χ4n) is 2.95. The molecular formula is C15H22N2O2. The predicted octanol–water partition coefficient (Wildman–Crippen LogP) is 2.63. The van der Waals surface area contributed by atoms with Gasteiger partial charge in [-0.3, -0.25) is 4.79 Å². The number of nitrogens with zero attached hydrogens (tertiary/aromatic N) is 1. The summed E-state index contributed by atoms with van der Waals surface area (Å²) in [6, 6.07) is 5.16. The molecule has 2 atom stereocenters. The molecule has 4 heteroatoms. The summed E-state index contributed by atoms with van der Waals surface area (Å²) < 4.78 is 0. The van der Waals surface area contributed by atoms with E-state index in [-0.39, 0.29) is 23.4 Å². The summed E-state index contributed by atoms with van der Waals surface area (Å²) in [6.45, 7) is 2.19. The first kappa shape index (κ1) is 13.7. The lowest BCUT2D eigenvalue weighted by Crippen LogP contribution is -2.42. The third-order valence-corrected chi connectivity index (χ3v) is 4.18. The van der Waals surface area contributed by atoms with Gasteiger partial charge < -0.3 is 15.7 Å². The molecule has 3 N–H and O–H groups in total. The highest BCUT2D eigenvalue weighted by atomic mass is 16.3. The Morgan fingerprint density at radius 1 is 1.37 bits per heavy atom. The lowest BCUT2D eigenvalue weighted by molar-refractivity contribution is 0.0626. The zero-order chi connectivity index (χ0) is 14.0. The second-order valence-corrected chi connectivity index (χ2v) is 5.49. The van der Waals surface area contributed by atoms with Crippen LogP contribution in [0.4, 0.5) is 5.69 Å². The number of nitrogen functional groups attached to an aromatic ring is 1. The van der Waals surface area contributed by atoms with Gasteiger partial charge in [-0.15, -0.1) is 0 Å². The molecule has 1 saturated carbocycles. The molecule has 1 aromatic rings. The zero-order valence-electron chi connectivity index (χ0n) is 11.6. The quantitative estimate of drug-likeness (QED) is 0.636. The number of carbonyl (C=O) groups excluding carboxylic acids is 1. The Hall–Kier alpha value is -1.71. The number of hydrogen-bond acceptors (Lipinski definition) is 3. The molecule has 0 radical (unpaired) electrons. The molecule has 0 spiro atoms. The van der Waals surface area contributed by atoms with Gasteiger partial charge in [0.2, 0.25) is 0 Å². The van der Waals surface area contributed by atoms with E-state index in [2.05, 4.69) is 6.92 Å². The normalized spacial score (nSPS) is 23.1. The van der Waals surface area contributed by atoms with Gasteiger partial charge in [-0.1, -0.05) is 25.8 Å². The van der Waals surface area contributed by atoms with E-state index < -0.39 is 0 Å². The summed E-state index contributed by atoms with van der Waals surface area (Å²) in [4.78, 5) is 14.2. The van der Waals surface area contributed by atoms with Gasteiger partial charge in [0.15, 0.2) is 5.75 Å². The molecule has 0 saturated heterocycles. The summed E-state index contributed by atoms with van der Waals surface area (Å²) >= 11 is 0. The van der Waals surface area contributed by atoms with Crippen molar-refractivity contribution in [2.24, 2.45) is 5.92 Å². The average Bonchev–Trinajstić information content (AvgIpc) is 2.41. The number of hydrogen-bond donors (Lipinski definition) is 2. The molecule has 19 heavy (non-hydrogen) atoms. The van der Waals surface area contributed by atoms with Crippen LogP contribution in [0.25, 0.3) is 0 Å².